The molecule has 1 atom stereocenters. The number of amides is 1. The van der Waals surface area contributed by atoms with Gasteiger partial charge in [0.15, 0.2) is 5.78 Å². The zero-order valence-electron chi connectivity index (χ0n) is 21.1. The molecule has 2 aromatic carbocycles. The van der Waals surface area contributed by atoms with Crippen molar-refractivity contribution in [2.24, 2.45) is 0 Å². The molecule has 39 heavy (non-hydrogen) atoms. The molecule has 4 rings (SSSR count). The van der Waals surface area contributed by atoms with Gasteiger partial charge >= 0.3 is 5.97 Å². The summed E-state index contributed by atoms with van der Waals surface area (Å²) in [7, 11) is 0. The summed E-state index contributed by atoms with van der Waals surface area (Å²) in [4.78, 5) is 38.2. The van der Waals surface area contributed by atoms with Gasteiger partial charge in [0.25, 0.3) is 5.91 Å². The van der Waals surface area contributed by atoms with Gasteiger partial charge in [0.05, 0.1) is 52.3 Å². The Balaban J connectivity index is 1.58. The highest BCUT2D eigenvalue weighted by Crippen LogP contribution is 2.41. The first-order chi connectivity index (χ1) is 18.8. The maximum absolute atomic E-state index is 13.5. The largest absolute Gasteiger partial charge is 0.468 e. The van der Waals surface area contributed by atoms with Crippen LogP contribution in [0.2, 0.25) is 5.02 Å². The molecule has 1 unspecified atom stereocenters. The Bertz CT molecular complexity index is 1490. The van der Waals surface area contributed by atoms with Crippen LogP contribution in [0, 0.1) is 11.3 Å². The molecule has 0 saturated carbocycles. The summed E-state index contributed by atoms with van der Waals surface area (Å²) < 4.78 is 10.6. The predicted octanol–water partition coefficient (Wildman–Crippen LogP) is 6.06. The van der Waals surface area contributed by atoms with Gasteiger partial charge in [0.2, 0.25) is 0 Å². The Morgan fingerprint density at radius 2 is 1.79 bits per heavy atom. The lowest BCUT2D eigenvalue weighted by Gasteiger charge is -2.28. The fraction of sp³-hybridized carbons (Fsp3) is 0.172. The normalized spacial score (nSPS) is 14.9. The van der Waals surface area contributed by atoms with E-state index in [0.29, 0.717) is 43.9 Å². The van der Waals surface area contributed by atoms with Crippen LogP contribution >= 0.6 is 23.4 Å². The summed E-state index contributed by atoms with van der Waals surface area (Å²) in [5.41, 5.74) is 2.39. The number of benzene rings is 2. The Labute approximate surface area is 234 Å². The first-order valence-corrected chi connectivity index (χ1v) is 13.3. The Kier molecular flexibility index (Phi) is 8.92. The number of carbonyl (C=O) groups excluding carboxylic acids is 3. The number of anilines is 1. The Hall–Kier alpha value is -4.26. The first-order valence-electron chi connectivity index (χ1n) is 12.0. The fourth-order valence-electron chi connectivity index (χ4n) is 4.03. The number of thioether (sulfide) groups is 1. The monoisotopic (exact) mass is 561 g/mol. The van der Waals surface area contributed by atoms with E-state index < -0.39 is 17.8 Å². The number of furan rings is 1. The number of nitrogens with one attached hydrogen (secondary N) is 2. The van der Waals surface area contributed by atoms with Crippen LogP contribution in [0.5, 0.6) is 0 Å². The van der Waals surface area contributed by atoms with Crippen LogP contribution < -0.4 is 10.6 Å². The van der Waals surface area contributed by atoms with Crippen molar-refractivity contribution in [1.82, 2.24) is 5.32 Å². The molecule has 0 aliphatic carbocycles. The average molecular weight is 562 g/mol. The number of Topliss-reactive ketones (excluding diaryl/α,β-unsaturated/α-hetero) is 1. The van der Waals surface area contributed by atoms with Gasteiger partial charge in [0.1, 0.15) is 5.76 Å². The molecule has 0 fully saturated rings. The maximum Gasteiger partial charge on any atom is 0.338 e. The van der Waals surface area contributed by atoms with E-state index in [4.69, 9.17) is 20.8 Å². The van der Waals surface area contributed by atoms with Crippen molar-refractivity contribution in [3.05, 3.63) is 111 Å². The van der Waals surface area contributed by atoms with Gasteiger partial charge in [-0.3, -0.25) is 9.59 Å². The Morgan fingerprint density at radius 3 is 2.41 bits per heavy atom. The highest BCUT2D eigenvalue weighted by molar-refractivity contribution is 8.03. The zero-order valence-corrected chi connectivity index (χ0v) is 22.7. The van der Waals surface area contributed by atoms with E-state index in [1.807, 2.05) is 0 Å². The van der Waals surface area contributed by atoms with Crippen molar-refractivity contribution in [3.8, 4) is 6.07 Å². The summed E-state index contributed by atoms with van der Waals surface area (Å²) in [5, 5.41) is 17.1. The third kappa shape index (κ3) is 6.42. The number of nitriles is 1. The number of rotatable bonds is 9. The lowest BCUT2D eigenvalue weighted by atomic mass is 9.85. The second-order valence-electron chi connectivity index (χ2n) is 8.44. The molecule has 0 spiro atoms. The molecule has 0 bridgehead atoms. The zero-order chi connectivity index (χ0) is 27.9. The van der Waals surface area contributed by atoms with Gasteiger partial charge in [-0.25, -0.2) is 4.79 Å². The lowest BCUT2D eigenvalue weighted by molar-refractivity contribution is -0.113. The molecule has 2 N–H and O–H groups in total. The van der Waals surface area contributed by atoms with Crippen molar-refractivity contribution in [2.75, 3.05) is 17.7 Å². The van der Waals surface area contributed by atoms with Gasteiger partial charge in [-0.05, 0) is 74.5 Å². The van der Waals surface area contributed by atoms with Crippen LogP contribution in [0.3, 0.4) is 0 Å². The van der Waals surface area contributed by atoms with E-state index in [-0.39, 0.29) is 23.7 Å². The second kappa shape index (κ2) is 12.5. The molecule has 0 saturated heterocycles. The molecule has 3 aromatic rings. The lowest BCUT2D eigenvalue weighted by Crippen LogP contribution is -2.30. The van der Waals surface area contributed by atoms with E-state index in [9.17, 15) is 19.6 Å². The number of nitrogens with zero attached hydrogens (tertiary/aromatic N) is 1. The third-order valence-electron chi connectivity index (χ3n) is 5.89. The Morgan fingerprint density at radius 1 is 1.10 bits per heavy atom. The van der Waals surface area contributed by atoms with Crippen LogP contribution in [0.25, 0.3) is 0 Å². The first kappa shape index (κ1) is 27.8. The predicted molar refractivity (Wildman–Crippen MR) is 149 cm³/mol. The molecule has 1 aliphatic heterocycles. The summed E-state index contributed by atoms with van der Waals surface area (Å²) in [6.07, 6.45) is 1.47. The number of halogens is 1. The SMILES string of the molecule is CCOC(=O)c1ccc(NC(=O)C2=C(C)NC(SCC(=O)c3ccc(Cl)cc3)=C(C#N)C2c2ccco2)cc1. The highest BCUT2D eigenvalue weighted by atomic mass is 35.5. The number of esters is 1. The molecule has 1 amide bonds. The summed E-state index contributed by atoms with van der Waals surface area (Å²) in [6.45, 7) is 3.71. The van der Waals surface area contributed by atoms with Crippen LogP contribution in [-0.4, -0.2) is 30.0 Å². The second-order valence-corrected chi connectivity index (χ2v) is 9.86. The molecule has 0 radical (unpaired) electrons. The van der Waals surface area contributed by atoms with Crippen molar-refractivity contribution >= 4 is 46.7 Å². The molecular formula is C29H24ClN3O5S. The van der Waals surface area contributed by atoms with Crippen molar-refractivity contribution in [3.63, 3.8) is 0 Å². The highest BCUT2D eigenvalue weighted by Gasteiger charge is 2.36. The van der Waals surface area contributed by atoms with E-state index in [1.165, 1.54) is 18.0 Å². The minimum Gasteiger partial charge on any atom is -0.468 e. The minimum absolute atomic E-state index is 0.0711. The van der Waals surface area contributed by atoms with Gasteiger partial charge in [-0.1, -0.05) is 23.4 Å². The molecule has 2 heterocycles. The van der Waals surface area contributed by atoms with Crippen LogP contribution in [0.4, 0.5) is 5.69 Å². The van der Waals surface area contributed by atoms with Crippen LogP contribution in [0.15, 0.2) is 93.2 Å². The van der Waals surface area contributed by atoms with E-state index >= 15 is 0 Å². The van der Waals surface area contributed by atoms with Crippen LogP contribution in [-0.2, 0) is 9.53 Å². The number of dihydropyridines is 1. The minimum atomic E-state index is -0.793. The number of allylic oxidation sites excluding steroid dienone is 2. The van der Waals surface area contributed by atoms with Gasteiger partial charge in [-0.2, -0.15) is 5.26 Å². The molecule has 1 aromatic heterocycles. The topological polar surface area (TPSA) is 121 Å². The van der Waals surface area contributed by atoms with Gasteiger partial charge in [-0.15, -0.1) is 0 Å². The van der Waals surface area contributed by atoms with Gasteiger partial charge in [0, 0.05) is 22.0 Å². The smallest absolute Gasteiger partial charge is 0.338 e. The molecule has 1 aliphatic rings. The van der Waals surface area contributed by atoms with Crippen LogP contribution in [0.1, 0.15) is 46.2 Å². The number of ether oxygens (including phenoxy) is 1. The number of carbonyl (C=O) groups is 3. The maximum atomic E-state index is 13.5. The van der Waals surface area contributed by atoms with E-state index in [1.54, 1.807) is 74.5 Å². The standard InChI is InChI=1S/C29H24ClN3O5S/c1-3-37-29(36)19-8-12-21(13-9-19)33-27(35)25-17(2)32-28(22(15-31)26(25)24-5-4-14-38-24)39-16-23(34)18-6-10-20(30)11-7-18/h4-14,26,32H,3,16H2,1-2H3,(H,33,35). The number of hydrogen-bond acceptors (Lipinski definition) is 8. The fourth-order valence-corrected chi connectivity index (χ4v) is 5.14. The molecule has 8 nitrogen and oxygen atoms in total. The number of hydrogen-bond donors (Lipinski definition) is 2. The summed E-state index contributed by atoms with van der Waals surface area (Å²) >= 11 is 7.10. The van der Waals surface area contributed by atoms with E-state index in [2.05, 4.69) is 16.7 Å². The molecular weight excluding hydrogens is 538 g/mol. The van der Waals surface area contributed by atoms with Crippen molar-refractivity contribution < 1.29 is 23.5 Å². The third-order valence-corrected chi connectivity index (χ3v) is 7.16. The average Bonchev–Trinajstić information content (AvgIpc) is 3.47. The summed E-state index contributed by atoms with van der Waals surface area (Å²) in [6, 6.07) is 18.5. The quantitative estimate of drug-likeness (QED) is 0.239. The van der Waals surface area contributed by atoms with Crippen molar-refractivity contribution in [2.45, 2.75) is 19.8 Å². The number of ketones is 1. The van der Waals surface area contributed by atoms with Crippen molar-refractivity contribution in [1.29, 1.82) is 5.26 Å². The molecule has 198 valence electrons. The van der Waals surface area contributed by atoms with E-state index in [0.717, 1.165) is 0 Å². The molecule has 10 heteroatoms. The van der Waals surface area contributed by atoms with Gasteiger partial charge < -0.3 is 19.8 Å². The summed E-state index contributed by atoms with van der Waals surface area (Å²) in [5.74, 6) is -1.34.